The fraction of sp³-hybridized carbons (Fsp3) is 0. The number of hydrogen-bond donors (Lipinski definition) is 1. The van der Waals surface area contributed by atoms with Gasteiger partial charge in [0.1, 0.15) is 0 Å². The molecule has 0 aliphatic heterocycles. The molecule has 2 aromatic rings. The first-order valence-corrected chi connectivity index (χ1v) is 4.15. The smallest absolute Gasteiger partial charge is 0.168 e. The molecule has 0 aliphatic rings. The van der Waals surface area contributed by atoms with Crippen molar-refractivity contribution in [2.75, 3.05) is 5.73 Å². The van der Waals surface area contributed by atoms with Gasteiger partial charge in [-0.05, 0) is 40.8 Å². The Morgan fingerprint density at radius 2 is 2.27 bits per heavy atom. The molecule has 0 atom stereocenters. The molecule has 0 unspecified atom stereocenters. The molecule has 56 valence electrons. The van der Waals surface area contributed by atoms with Crippen molar-refractivity contribution in [1.82, 2.24) is 5.16 Å². The van der Waals surface area contributed by atoms with Crippen LogP contribution in [0.25, 0.3) is 11.0 Å². The summed E-state index contributed by atoms with van der Waals surface area (Å²) in [7, 11) is 0. The molecule has 1 aromatic heterocycles. The van der Waals surface area contributed by atoms with Crippen molar-refractivity contribution in [2.45, 2.75) is 0 Å². The van der Waals surface area contributed by atoms with Gasteiger partial charge < -0.3 is 10.3 Å². The van der Waals surface area contributed by atoms with Crippen LogP contribution in [0.15, 0.2) is 22.7 Å². The molecular formula is C7H5IN2O. The second-order valence-corrected chi connectivity index (χ2v) is 3.25. The standard InChI is InChI=1S/C7H5IN2O/c8-7-5-3-4(9)1-2-6(5)11-10-7/h1-3H,9H2. The van der Waals surface area contributed by atoms with E-state index in [0.29, 0.717) is 0 Å². The summed E-state index contributed by atoms with van der Waals surface area (Å²) < 4.78 is 5.84. The molecule has 4 heteroatoms. The first kappa shape index (κ1) is 6.90. The Labute approximate surface area is 76.7 Å². The Balaban J connectivity index is 2.87. The number of nitrogens with two attached hydrogens (primary N) is 1. The molecule has 3 nitrogen and oxygen atoms in total. The van der Waals surface area contributed by atoms with Gasteiger partial charge in [0.15, 0.2) is 9.28 Å². The van der Waals surface area contributed by atoms with Gasteiger partial charge in [0.2, 0.25) is 0 Å². The van der Waals surface area contributed by atoms with Gasteiger partial charge in [0.05, 0.1) is 5.39 Å². The number of rotatable bonds is 0. The molecule has 0 bridgehead atoms. The molecule has 0 spiro atoms. The van der Waals surface area contributed by atoms with Gasteiger partial charge in [-0.15, -0.1) is 0 Å². The SMILES string of the molecule is Nc1ccc2onc(I)c2c1. The number of halogens is 1. The van der Waals surface area contributed by atoms with Crippen LogP contribution in [0.1, 0.15) is 0 Å². The van der Waals surface area contributed by atoms with Crippen LogP contribution in [-0.4, -0.2) is 5.16 Å². The van der Waals surface area contributed by atoms with Crippen molar-refractivity contribution in [2.24, 2.45) is 0 Å². The molecule has 2 N–H and O–H groups in total. The summed E-state index contributed by atoms with van der Waals surface area (Å²) in [6.45, 7) is 0. The number of nitrogens with zero attached hydrogens (tertiary/aromatic N) is 1. The second kappa shape index (κ2) is 2.37. The minimum atomic E-state index is 0.735. The molecule has 0 saturated carbocycles. The van der Waals surface area contributed by atoms with Crippen LogP contribution in [0.5, 0.6) is 0 Å². The Kier molecular flexibility index (Phi) is 1.49. The fourth-order valence-electron chi connectivity index (χ4n) is 0.927. The van der Waals surface area contributed by atoms with Gasteiger partial charge in [0, 0.05) is 5.69 Å². The maximum Gasteiger partial charge on any atom is 0.168 e. The van der Waals surface area contributed by atoms with Crippen molar-refractivity contribution in [1.29, 1.82) is 0 Å². The van der Waals surface area contributed by atoms with E-state index in [1.807, 2.05) is 12.1 Å². The lowest BCUT2D eigenvalue weighted by atomic mass is 10.2. The highest BCUT2D eigenvalue weighted by atomic mass is 127. The van der Waals surface area contributed by atoms with Crippen LogP contribution < -0.4 is 5.73 Å². The van der Waals surface area contributed by atoms with Gasteiger partial charge in [-0.3, -0.25) is 0 Å². The van der Waals surface area contributed by atoms with E-state index in [1.165, 1.54) is 0 Å². The summed E-state index contributed by atoms with van der Waals surface area (Å²) >= 11 is 2.11. The minimum absolute atomic E-state index is 0.735. The molecule has 2 rings (SSSR count). The maximum atomic E-state index is 5.58. The van der Waals surface area contributed by atoms with Crippen molar-refractivity contribution in [3.05, 3.63) is 21.9 Å². The molecule has 11 heavy (non-hydrogen) atoms. The first-order chi connectivity index (χ1) is 5.27. The van der Waals surface area contributed by atoms with Crippen LogP contribution in [0.2, 0.25) is 0 Å². The quantitative estimate of drug-likeness (QED) is 0.582. The van der Waals surface area contributed by atoms with Crippen LogP contribution in [0.3, 0.4) is 0 Å². The van der Waals surface area contributed by atoms with Gasteiger partial charge in [-0.25, -0.2) is 0 Å². The minimum Gasteiger partial charge on any atom is -0.399 e. The lowest BCUT2D eigenvalue weighted by molar-refractivity contribution is 0.451. The van der Waals surface area contributed by atoms with Crippen LogP contribution in [0, 0.1) is 3.70 Å². The summed E-state index contributed by atoms with van der Waals surface area (Å²) in [5, 5.41) is 4.77. The largest absolute Gasteiger partial charge is 0.399 e. The van der Waals surface area contributed by atoms with E-state index in [2.05, 4.69) is 27.7 Å². The normalized spacial score (nSPS) is 10.6. The summed E-state index contributed by atoms with van der Waals surface area (Å²) in [6.07, 6.45) is 0. The molecule has 0 saturated heterocycles. The molecule has 0 radical (unpaired) electrons. The Morgan fingerprint density at radius 1 is 1.45 bits per heavy atom. The Morgan fingerprint density at radius 3 is 3.09 bits per heavy atom. The summed E-state index contributed by atoms with van der Waals surface area (Å²) in [4.78, 5) is 0. The number of nitrogen functional groups attached to an aromatic ring is 1. The fourth-order valence-corrected chi connectivity index (χ4v) is 1.45. The lowest BCUT2D eigenvalue weighted by Crippen LogP contribution is -1.82. The predicted molar refractivity (Wildman–Crippen MR) is 51.1 cm³/mol. The number of hydrogen-bond acceptors (Lipinski definition) is 3. The van der Waals surface area contributed by atoms with Crippen molar-refractivity contribution in [3.63, 3.8) is 0 Å². The molecule has 1 aromatic carbocycles. The van der Waals surface area contributed by atoms with Gasteiger partial charge in [0.25, 0.3) is 0 Å². The third-order valence-electron chi connectivity index (χ3n) is 1.45. The van der Waals surface area contributed by atoms with Gasteiger partial charge in [-0.2, -0.15) is 0 Å². The van der Waals surface area contributed by atoms with Gasteiger partial charge in [-0.1, -0.05) is 5.16 Å². The third-order valence-corrected chi connectivity index (χ3v) is 2.23. The molecule has 0 amide bonds. The molecular weight excluding hydrogens is 255 g/mol. The van der Waals surface area contributed by atoms with Crippen molar-refractivity contribution in [3.8, 4) is 0 Å². The van der Waals surface area contributed by atoms with Crippen molar-refractivity contribution < 1.29 is 4.52 Å². The van der Waals surface area contributed by atoms with E-state index >= 15 is 0 Å². The number of fused-ring (bicyclic) bond motifs is 1. The summed E-state index contributed by atoms with van der Waals surface area (Å²) in [5.41, 5.74) is 7.10. The average molecular weight is 260 g/mol. The van der Waals surface area contributed by atoms with E-state index in [1.54, 1.807) is 6.07 Å². The lowest BCUT2D eigenvalue weighted by Gasteiger charge is -1.89. The Bertz CT molecular complexity index is 396. The van der Waals surface area contributed by atoms with Crippen LogP contribution >= 0.6 is 22.6 Å². The monoisotopic (exact) mass is 260 g/mol. The summed E-state index contributed by atoms with van der Waals surface area (Å²) in [5.74, 6) is 0. The number of benzene rings is 1. The molecule has 0 aliphatic carbocycles. The first-order valence-electron chi connectivity index (χ1n) is 3.08. The second-order valence-electron chi connectivity index (χ2n) is 2.23. The van der Waals surface area contributed by atoms with Crippen LogP contribution in [0.4, 0.5) is 5.69 Å². The van der Waals surface area contributed by atoms with Crippen LogP contribution in [-0.2, 0) is 0 Å². The third kappa shape index (κ3) is 1.07. The average Bonchev–Trinajstić information content (AvgIpc) is 2.33. The zero-order valence-electron chi connectivity index (χ0n) is 5.54. The predicted octanol–water partition coefficient (Wildman–Crippen LogP) is 2.01. The molecule has 1 heterocycles. The van der Waals surface area contributed by atoms with E-state index in [9.17, 15) is 0 Å². The van der Waals surface area contributed by atoms with E-state index < -0.39 is 0 Å². The topological polar surface area (TPSA) is 52.0 Å². The van der Waals surface area contributed by atoms with E-state index in [4.69, 9.17) is 10.3 Å². The number of anilines is 1. The highest BCUT2D eigenvalue weighted by molar-refractivity contribution is 14.1. The zero-order chi connectivity index (χ0) is 7.84. The van der Waals surface area contributed by atoms with E-state index in [0.717, 1.165) is 20.4 Å². The highest BCUT2D eigenvalue weighted by Gasteiger charge is 2.03. The number of aromatic nitrogens is 1. The Hall–Kier alpha value is -0.780. The summed E-state index contributed by atoms with van der Waals surface area (Å²) in [6, 6.07) is 5.47. The van der Waals surface area contributed by atoms with Crippen molar-refractivity contribution >= 4 is 39.2 Å². The zero-order valence-corrected chi connectivity index (χ0v) is 7.70. The molecule has 0 fully saturated rings. The maximum absolute atomic E-state index is 5.58. The van der Waals surface area contributed by atoms with Gasteiger partial charge >= 0.3 is 0 Å². The van der Waals surface area contributed by atoms with E-state index in [-0.39, 0.29) is 0 Å². The highest BCUT2D eigenvalue weighted by Crippen LogP contribution is 2.21.